The fourth-order valence-corrected chi connectivity index (χ4v) is 3.89. The van der Waals surface area contributed by atoms with Crippen molar-refractivity contribution in [1.82, 2.24) is 9.78 Å². The monoisotopic (exact) mass is 405 g/mol. The Balaban J connectivity index is 1.52. The number of amides is 1. The maximum absolute atomic E-state index is 12.9. The van der Waals surface area contributed by atoms with Gasteiger partial charge in [-0.25, -0.2) is 4.68 Å². The molecule has 0 bridgehead atoms. The number of aryl methyl sites for hydroxylation is 1. The van der Waals surface area contributed by atoms with E-state index < -0.39 is 0 Å². The lowest BCUT2D eigenvalue weighted by Crippen LogP contribution is -2.17. The highest BCUT2D eigenvalue weighted by atomic mass is 16.4. The third-order valence-corrected chi connectivity index (χ3v) is 5.62. The first-order valence-electron chi connectivity index (χ1n) is 10.3. The van der Waals surface area contributed by atoms with Crippen molar-refractivity contribution >= 4 is 17.5 Å². The molecule has 6 heteroatoms. The molecule has 0 atom stereocenters. The van der Waals surface area contributed by atoms with Crippen molar-refractivity contribution in [3.63, 3.8) is 0 Å². The molecule has 0 radical (unpaired) electrons. The van der Waals surface area contributed by atoms with Crippen LogP contribution in [0.4, 0.5) is 5.82 Å². The SMILES string of the molecule is Cc1c(C(=O)Nc2ccnn2Cc2ccc(C(C)(C)C)cc2)oc2c1C(=O)CCC2. The molecule has 1 amide bonds. The van der Waals surface area contributed by atoms with Gasteiger partial charge >= 0.3 is 0 Å². The van der Waals surface area contributed by atoms with Crippen LogP contribution in [0, 0.1) is 6.92 Å². The van der Waals surface area contributed by atoms with E-state index in [9.17, 15) is 9.59 Å². The minimum atomic E-state index is -0.362. The predicted molar refractivity (Wildman–Crippen MR) is 115 cm³/mol. The molecule has 1 N–H and O–H groups in total. The summed E-state index contributed by atoms with van der Waals surface area (Å²) in [4.78, 5) is 25.1. The summed E-state index contributed by atoms with van der Waals surface area (Å²) in [6.07, 6.45) is 3.62. The smallest absolute Gasteiger partial charge is 0.292 e. The maximum atomic E-state index is 12.9. The Hall–Kier alpha value is -3.15. The van der Waals surface area contributed by atoms with Gasteiger partial charge in [-0.05, 0) is 29.9 Å². The van der Waals surface area contributed by atoms with Crippen molar-refractivity contribution in [1.29, 1.82) is 0 Å². The number of hydrogen-bond acceptors (Lipinski definition) is 4. The number of Topliss-reactive ketones (excluding diaryl/α,β-unsaturated/α-hetero) is 1. The Labute approximate surface area is 176 Å². The van der Waals surface area contributed by atoms with Gasteiger partial charge in [-0.1, -0.05) is 45.0 Å². The van der Waals surface area contributed by atoms with Crippen molar-refractivity contribution in [3.8, 4) is 0 Å². The number of benzene rings is 1. The van der Waals surface area contributed by atoms with Gasteiger partial charge in [0.05, 0.1) is 18.3 Å². The molecular weight excluding hydrogens is 378 g/mol. The minimum Gasteiger partial charge on any atom is -0.455 e. The lowest BCUT2D eigenvalue weighted by molar-refractivity contribution is 0.0963. The quantitative estimate of drug-likeness (QED) is 0.670. The molecule has 2 aromatic heterocycles. The van der Waals surface area contributed by atoms with Gasteiger partial charge in [0.2, 0.25) is 0 Å². The van der Waals surface area contributed by atoms with Gasteiger partial charge in [0.1, 0.15) is 11.6 Å². The van der Waals surface area contributed by atoms with Crippen LogP contribution in [0.5, 0.6) is 0 Å². The Kier molecular flexibility index (Phi) is 5.10. The van der Waals surface area contributed by atoms with E-state index in [2.05, 4.69) is 55.5 Å². The molecule has 0 aliphatic heterocycles. The molecule has 156 valence electrons. The molecule has 30 heavy (non-hydrogen) atoms. The molecule has 0 saturated carbocycles. The first kappa shape index (κ1) is 20.1. The molecular formula is C24H27N3O3. The average molecular weight is 405 g/mol. The summed E-state index contributed by atoms with van der Waals surface area (Å²) in [6, 6.07) is 10.2. The zero-order valence-corrected chi connectivity index (χ0v) is 17.9. The summed E-state index contributed by atoms with van der Waals surface area (Å²) in [5, 5.41) is 7.23. The average Bonchev–Trinajstić information content (AvgIpc) is 3.26. The molecule has 3 aromatic rings. The van der Waals surface area contributed by atoms with Crippen LogP contribution in [0.1, 0.15) is 77.0 Å². The fourth-order valence-electron chi connectivity index (χ4n) is 3.89. The van der Waals surface area contributed by atoms with E-state index in [1.807, 2.05) is 0 Å². The van der Waals surface area contributed by atoms with Gasteiger partial charge in [0.15, 0.2) is 11.5 Å². The van der Waals surface area contributed by atoms with Crippen molar-refractivity contribution in [2.24, 2.45) is 0 Å². The summed E-state index contributed by atoms with van der Waals surface area (Å²) in [5.41, 5.74) is 3.67. The molecule has 0 fully saturated rings. The summed E-state index contributed by atoms with van der Waals surface area (Å²) in [6.45, 7) is 8.87. The molecule has 6 nitrogen and oxygen atoms in total. The van der Waals surface area contributed by atoms with E-state index >= 15 is 0 Å². The van der Waals surface area contributed by atoms with E-state index in [1.165, 1.54) is 5.56 Å². The van der Waals surface area contributed by atoms with Crippen molar-refractivity contribution < 1.29 is 14.0 Å². The second kappa shape index (κ2) is 7.59. The van der Waals surface area contributed by atoms with Gasteiger partial charge in [-0.15, -0.1) is 0 Å². The fraction of sp³-hybridized carbons (Fsp3) is 0.375. The normalized spacial score (nSPS) is 13.9. The first-order valence-corrected chi connectivity index (χ1v) is 10.3. The third-order valence-electron chi connectivity index (χ3n) is 5.62. The molecule has 0 unspecified atom stereocenters. The van der Waals surface area contributed by atoms with E-state index in [0.717, 1.165) is 12.0 Å². The van der Waals surface area contributed by atoms with Gasteiger partial charge in [0, 0.05) is 24.5 Å². The Morgan fingerprint density at radius 3 is 2.57 bits per heavy atom. The molecule has 1 aromatic carbocycles. The topological polar surface area (TPSA) is 77.1 Å². The van der Waals surface area contributed by atoms with Gasteiger partial charge in [-0.3, -0.25) is 9.59 Å². The van der Waals surface area contributed by atoms with Crippen LogP contribution in [-0.4, -0.2) is 21.5 Å². The first-order chi connectivity index (χ1) is 14.2. The summed E-state index contributed by atoms with van der Waals surface area (Å²) >= 11 is 0. The second-order valence-electron chi connectivity index (χ2n) is 8.91. The number of anilines is 1. The number of fused-ring (bicyclic) bond motifs is 1. The highest BCUT2D eigenvalue weighted by Gasteiger charge is 2.29. The van der Waals surface area contributed by atoms with E-state index in [0.29, 0.717) is 42.1 Å². The number of ketones is 1. The summed E-state index contributed by atoms with van der Waals surface area (Å²) in [7, 11) is 0. The molecule has 2 heterocycles. The number of hydrogen-bond donors (Lipinski definition) is 1. The van der Waals surface area contributed by atoms with Crippen molar-refractivity contribution in [3.05, 3.63) is 70.3 Å². The van der Waals surface area contributed by atoms with Gasteiger partial charge in [-0.2, -0.15) is 5.10 Å². The zero-order valence-electron chi connectivity index (χ0n) is 17.9. The van der Waals surface area contributed by atoms with Gasteiger partial charge < -0.3 is 9.73 Å². The largest absolute Gasteiger partial charge is 0.455 e. The molecule has 0 saturated heterocycles. The van der Waals surface area contributed by atoms with Crippen LogP contribution >= 0.6 is 0 Å². The van der Waals surface area contributed by atoms with Crippen molar-refractivity contribution in [2.45, 2.75) is 58.9 Å². The lowest BCUT2D eigenvalue weighted by atomic mass is 9.87. The van der Waals surface area contributed by atoms with Crippen LogP contribution in [0.15, 0.2) is 40.9 Å². The molecule has 1 aliphatic carbocycles. The summed E-state index contributed by atoms with van der Waals surface area (Å²) in [5.74, 6) is 1.11. The van der Waals surface area contributed by atoms with Crippen LogP contribution in [0.2, 0.25) is 0 Å². The van der Waals surface area contributed by atoms with Crippen LogP contribution in [0.25, 0.3) is 0 Å². The Morgan fingerprint density at radius 2 is 1.90 bits per heavy atom. The number of nitrogens with zero attached hydrogens (tertiary/aromatic N) is 2. The number of rotatable bonds is 4. The minimum absolute atomic E-state index is 0.0558. The highest BCUT2D eigenvalue weighted by molar-refractivity contribution is 6.07. The van der Waals surface area contributed by atoms with E-state index in [4.69, 9.17) is 4.42 Å². The number of nitrogens with one attached hydrogen (secondary N) is 1. The molecule has 0 spiro atoms. The maximum Gasteiger partial charge on any atom is 0.292 e. The second-order valence-corrected chi connectivity index (χ2v) is 8.91. The summed E-state index contributed by atoms with van der Waals surface area (Å²) < 4.78 is 7.50. The highest BCUT2D eigenvalue weighted by Crippen LogP contribution is 2.30. The number of carbonyl (C=O) groups is 2. The number of furan rings is 1. The standard InChI is InChI=1S/C24H27N3O3/c1-15-21-18(28)6-5-7-19(21)30-22(15)23(29)26-20-12-13-25-27(20)14-16-8-10-17(11-9-16)24(2,3)4/h8-13H,5-7,14H2,1-4H3,(H,26,29). The van der Waals surface area contributed by atoms with Crippen molar-refractivity contribution in [2.75, 3.05) is 5.32 Å². The number of carbonyl (C=O) groups excluding carboxylic acids is 2. The third kappa shape index (κ3) is 3.82. The zero-order chi connectivity index (χ0) is 21.5. The predicted octanol–water partition coefficient (Wildman–Crippen LogP) is 4.90. The Morgan fingerprint density at radius 1 is 1.17 bits per heavy atom. The van der Waals surface area contributed by atoms with Crippen LogP contribution in [-0.2, 0) is 18.4 Å². The number of aromatic nitrogens is 2. The van der Waals surface area contributed by atoms with Crippen LogP contribution < -0.4 is 5.32 Å². The molecule has 4 rings (SSSR count). The van der Waals surface area contributed by atoms with Gasteiger partial charge in [0.25, 0.3) is 5.91 Å². The van der Waals surface area contributed by atoms with Crippen LogP contribution in [0.3, 0.4) is 0 Å². The van der Waals surface area contributed by atoms with E-state index in [1.54, 1.807) is 23.9 Å². The lowest BCUT2D eigenvalue weighted by Gasteiger charge is -2.19. The molecule has 1 aliphatic rings. The Bertz CT molecular complexity index is 1100. The van der Waals surface area contributed by atoms with E-state index in [-0.39, 0.29) is 22.9 Å².